The number of hydrogen-bond donors (Lipinski definition) is 0. The Bertz CT molecular complexity index is 544. The van der Waals surface area contributed by atoms with Crippen molar-refractivity contribution in [2.45, 2.75) is 4.90 Å². The van der Waals surface area contributed by atoms with Crippen molar-refractivity contribution in [2.24, 2.45) is 5.92 Å². The second-order valence-electron chi connectivity index (χ2n) is 3.58. The Balaban J connectivity index is 2.29. The molecule has 0 aromatic heterocycles. The molecule has 0 saturated carbocycles. The minimum absolute atomic E-state index is 0.169. The third-order valence-corrected chi connectivity index (χ3v) is 5.33. The number of halogens is 1. The lowest BCUT2D eigenvalue weighted by molar-refractivity contribution is 0.248. The lowest BCUT2D eigenvalue weighted by Crippen LogP contribution is -2.49. The molecule has 1 aromatic carbocycles. The highest BCUT2D eigenvalue weighted by molar-refractivity contribution is 9.10. The molecule has 1 aliphatic heterocycles. The van der Waals surface area contributed by atoms with Crippen LogP contribution in [0.5, 0.6) is 0 Å². The Morgan fingerprint density at radius 1 is 1.38 bits per heavy atom. The second kappa shape index (κ2) is 4.17. The van der Waals surface area contributed by atoms with Crippen molar-refractivity contribution in [1.29, 1.82) is 5.26 Å². The number of hydrogen-bond acceptors (Lipinski definition) is 3. The van der Waals surface area contributed by atoms with Crippen LogP contribution in [0, 0.1) is 17.2 Å². The van der Waals surface area contributed by atoms with Crippen LogP contribution in [0.2, 0.25) is 0 Å². The summed E-state index contributed by atoms with van der Waals surface area (Å²) in [5.74, 6) is -0.169. The van der Waals surface area contributed by atoms with Crippen molar-refractivity contribution < 1.29 is 8.42 Å². The molecule has 0 amide bonds. The summed E-state index contributed by atoms with van der Waals surface area (Å²) in [7, 11) is -3.44. The summed E-state index contributed by atoms with van der Waals surface area (Å²) in [6.07, 6.45) is 0. The van der Waals surface area contributed by atoms with Gasteiger partial charge in [0, 0.05) is 17.6 Å². The fourth-order valence-corrected chi connectivity index (χ4v) is 4.00. The maximum atomic E-state index is 12.1. The van der Waals surface area contributed by atoms with Crippen LogP contribution in [-0.4, -0.2) is 25.8 Å². The molecule has 0 radical (unpaired) electrons. The van der Waals surface area contributed by atoms with Gasteiger partial charge in [-0.25, -0.2) is 8.42 Å². The minimum Gasteiger partial charge on any atom is -0.207 e. The summed E-state index contributed by atoms with van der Waals surface area (Å²) in [5, 5.41) is 8.61. The predicted octanol–water partition coefficient (Wildman–Crippen LogP) is 1.59. The molecule has 1 fully saturated rings. The van der Waals surface area contributed by atoms with Crippen LogP contribution in [0.25, 0.3) is 0 Å². The third-order valence-electron chi connectivity index (χ3n) is 2.49. The topological polar surface area (TPSA) is 61.2 Å². The van der Waals surface area contributed by atoms with Gasteiger partial charge in [0.1, 0.15) is 0 Å². The molecule has 1 aliphatic rings. The number of sulfonamides is 1. The largest absolute Gasteiger partial charge is 0.244 e. The lowest BCUT2D eigenvalue weighted by Gasteiger charge is -2.34. The van der Waals surface area contributed by atoms with Gasteiger partial charge in [-0.05, 0) is 28.1 Å². The van der Waals surface area contributed by atoms with E-state index in [-0.39, 0.29) is 10.8 Å². The second-order valence-corrected chi connectivity index (χ2v) is 6.34. The van der Waals surface area contributed by atoms with E-state index >= 15 is 0 Å². The summed E-state index contributed by atoms with van der Waals surface area (Å²) in [6.45, 7) is 0.584. The van der Waals surface area contributed by atoms with E-state index < -0.39 is 10.0 Å². The van der Waals surface area contributed by atoms with Crippen molar-refractivity contribution in [3.63, 3.8) is 0 Å². The molecule has 2 rings (SSSR count). The zero-order chi connectivity index (χ0) is 11.8. The summed E-state index contributed by atoms with van der Waals surface area (Å²) < 4.78 is 26.0. The van der Waals surface area contributed by atoms with Gasteiger partial charge < -0.3 is 0 Å². The summed E-state index contributed by atoms with van der Waals surface area (Å²) in [5.41, 5.74) is 0. The Hall–Kier alpha value is -0.900. The van der Waals surface area contributed by atoms with Crippen molar-refractivity contribution >= 4 is 26.0 Å². The number of nitriles is 1. The fourth-order valence-electron chi connectivity index (χ4n) is 1.51. The highest BCUT2D eigenvalue weighted by Crippen LogP contribution is 2.29. The van der Waals surface area contributed by atoms with E-state index in [1.54, 1.807) is 24.3 Å². The van der Waals surface area contributed by atoms with E-state index in [4.69, 9.17) is 5.26 Å². The van der Waals surface area contributed by atoms with E-state index in [9.17, 15) is 8.42 Å². The Kier molecular flexibility index (Phi) is 3.02. The fraction of sp³-hybridized carbons (Fsp3) is 0.300. The van der Waals surface area contributed by atoms with Crippen molar-refractivity contribution in [2.75, 3.05) is 13.1 Å². The quantitative estimate of drug-likeness (QED) is 0.833. The Labute approximate surface area is 103 Å². The molecular weight excluding hydrogens is 292 g/mol. The first kappa shape index (κ1) is 11.6. The van der Waals surface area contributed by atoms with Gasteiger partial charge in [0.05, 0.1) is 16.9 Å². The van der Waals surface area contributed by atoms with Gasteiger partial charge in [-0.1, -0.05) is 12.1 Å². The van der Waals surface area contributed by atoms with Crippen molar-refractivity contribution in [3.05, 3.63) is 28.7 Å². The Morgan fingerprint density at radius 2 is 2.00 bits per heavy atom. The average molecular weight is 301 g/mol. The van der Waals surface area contributed by atoms with Crippen LogP contribution in [0.3, 0.4) is 0 Å². The van der Waals surface area contributed by atoms with Crippen LogP contribution >= 0.6 is 15.9 Å². The van der Waals surface area contributed by atoms with Gasteiger partial charge in [0.2, 0.25) is 10.0 Å². The molecule has 6 heteroatoms. The first-order chi connectivity index (χ1) is 7.55. The Morgan fingerprint density at radius 3 is 2.56 bits per heavy atom. The van der Waals surface area contributed by atoms with Crippen LogP contribution in [-0.2, 0) is 10.0 Å². The molecule has 1 saturated heterocycles. The third kappa shape index (κ3) is 1.86. The normalized spacial score (nSPS) is 17.8. The zero-order valence-corrected chi connectivity index (χ0v) is 10.7. The maximum absolute atomic E-state index is 12.1. The first-order valence-electron chi connectivity index (χ1n) is 4.70. The molecular formula is C10H9BrN2O2S. The van der Waals surface area contributed by atoms with Crippen LogP contribution in [0.4, 0.5) is 0 Å². The van der Waals surface area contributed by atoms with Gasteiger partial charge in [-0.15, -0.1) is 0 Å². The maximum Gasteiger partial charge on any atom is 0.244 e. The number of nitrogens with zero attached hydrogens (tertiary/aromatic N) is 2. The van der Waals surface area contributed by atoms with Crippen molar-refractivity contribution in [1.82, 2.24) is 4.31 Å². The highest BCUT2D eigenvalue weighted by atomic mass is 79.9. The van der Waals surface area contributed by atoms with Crippen LogP contribution in [0.15, 0.2) is 33.6 Å². The van der Waals surface area contributed by atoms with Crippen LogP contribution < -0.4 is 0 Å². The predicted molar refractivity (Wildman–Crippen MR) is 62.0 cm³/mol. The summed E-state index contributed by atoms with van der Waals surface area (Å²) >= 11 is 3.22. The van der Waals surface area contributed by atoms with E-state index in [2.05, 4.69) is 22.0 Å². The van der Waals surface area contributed by atoms with E-state index in [1.807, 2.05) is 0 Å². The molecule has 4 nitrogen and oxygen atoms in total. The summed E-state index contributed by atoms with van der Waals surface area (Å²) in [6, 6.07) is 8.74. The minimum atomic E-state index is -3.44. The molecule has 0 bridgehead atoms. The smallest absolute Gasteiger partial charge is 0.207 e. The van der Waals surface area contributed by atoms with E-state index in [0.29, 0.717) is 17.6 Å². The molecule has 0 N–H and O–H groups in total. The summed E-state index contributed by atoms with van der Waals surface area (Å²) in [4.78, 5) is 0.256. The zero-order valence-electron chi connectivity index (χ0n) is 8.30. The molecule has 0 atom stereocenters. The van der Waals surface area contributed by atoms with Gasteiger partial charge in [-0.3, -0.25) is 0 Å². The van der Waals surface area contributed by atoms with Gasteiger partial charge in [0.25, 0.3) is 0 Å². The van der Waals surface area contributed by atoms with Gasteiger partial charge >= 0.3 is 0 Å². The molecule has 84 valence electrons. The molecule has 0 spiro atoms. The first-order valence-corrected chi connectivity index (χ1v) is 6.93. The van der Waals surface area contributed by atoms with Crippen LogP contribution in [0.1, 0.15) is 0 Å². The van der Waals surface area contributed by atoms with Gasteiger partial charge in [0.15, 0.2) is 0 Å². The highest BCUT2D eigenvalue weighted by Gasteiger charge is 2.37. The SMILES string of the molecule is N#CC1CN(S(=O)(=O)c2ccccc2Br)C1. The monoisotopic (exact) mass is 300 g/mol. The van der Waals surface area contributed by atoms with Gasteiger partial charge in [-0.2, -0.15) is 9.57 Å². The lowest BCUT2D eigenvalue weighted by atomic mass is 10.1. The van der Waals surface area contributed by atoms with Crippen molar-refractivity contribution in [3.8, 4) is 6.07 Å². The number of benzene rings is 1. The molecule has 16 heavy (non-hydrogen) atoms. The number of rotatable bonds is 2. The molecule has 0 unspecified atom stereocenters. The average Bonchev–Trinajstić information content (AvgIpc) is 2.16. The molecule has 1 aromatic rings. The standard InChI is InChI=1S/C10H9BrN2O2S/c11-9-3-1-2-4-10(9)16(14,15)13-6-8(5-12)7-13/h1-4,8H,6-7H2. The molecule has 1 heterocycles. The van der Waals surface area contributed by atoms with E-state index in [1.165, 1.54) is 4.31 Å². The van der Waals surface area contributed by atoms with E-state index in [0.717, 1.165) is 0 Å². The molecule has 0 aliphatic carbocycles.